The van der Waals surface area contributed by atoms with Crippen molar-refractivity contribution in [2.45, 2.75) is 52.7 Å². The van der Waals surface area contributed by atoms with Crippen LogP contribution in [-0.4, -0.2) is 14.8 Å². The molecule has 0 aliphatic carbocycles. The second-order valence-corrected chi connectivity index (χ2v) is 6.28. The highest BCUT2D eigenvalue weighted by atomic mass is 16.5. The summed E-state index contributed by atoms with van der Waals surface area (Å²) in [5.41, 5.74) is 1.46. The molecule has 1 aromatic heterocycles. The SMILES string of the molecule is CC(C)n1ncnc1COc1ccc(C(C)(C)C)cc1. The molecule has 0 amide bonds. The van der Waals surface area contributed by atoms with Gasteiger partial charge in [0.15, 0.2) is 5.82 Å². The second kappa shape index (κ2) is 5.65. The van der Waals surface area contributed by atoms with Crippen molar-refractivity contribution in [2.24, 2.45) is 0 Å². The summed E-state index contributed by atoms with van der Waals surface area (Å²) in [7, 11) is 0. The lowest BCUT2D eigenvalue weighted by molar-refractivity contribution is 0.282. The van der Waals surface area contributed by atoms with Crippen LogP contribution in [-0.2, 0) is 12.0 Å². The zero-order chi connectivity index (χ0) is 14.8. The zero-order valence-electron chi connectivity index (χ0n) is 12.9. The van der Waals surface area contributed by atoms with Crippen molar-refractivity contribution in [3.05, 3.63) is 42.0 Å². The summed E-state index contributed by atoms with van der Waals surface area (Å²) in [6.07, 6.45) is 1.57. The minimum Gasteiger partial charge on any atom is -0.486 e. The highest BCUT2D eigenvalue weighted by Crippen LogP contribution is 2.24. The van der Waals surface area contributed by atoms with Crippen molar-refractivity contribution < 1.29 is 4.74 Å². The van der Waals surface area contributed by atoms with E-state index in [0.717, 1.165) is 11.6 Å². The van der Waals surface area contributed by atoms with E-state index in [4.69, 9.17) is 4.74 Å². The lowest BCUT2D eigenvalue weighted by Crippen LogP contribution is -2.12. The summed E-state index contributed by atoms with van der Waals surface area (Å²) in [5, 5.41) is 4.20. The fraction of sp³-hybridized carbons (Fsp3) is 0.500. The van der Waals surface area contributed by atoms with E-state index in [1.165, 1.54) is 5.56 Å². The molecule has 20 heavy (non-hydrogen) atoms. The third-order valence-corrected chi connectivity index (χ3v) is 3.22. The summed E-state index contributed by atoms with van der Waals surface area (Å²) in [4.78, 5) is 4.24. The van der Waals surface area contributed by atoms with Crippen LogP contribution in [0.4, 0.5) is 0 Å². The molecule has 0 unspecified atom stereocenters. The summed E-state index contributed by atoms with van der Waals surface area (Å²) in [6, 6.07) is 8.54. The molecule has 2 rings (SSSR count). The van der Waals surface area contributed by atoms with Crippen LogP contribution in [0.25, 0.3) is 0 Å². The fourth-order valence-electron chi connectivity index (χ4n) is 2.01. The van der Waals surface area contributed by atoms with Crippen LogP contribution in [0.1, 0.15) is 52.0 Å². The Morgan fingerprint density at radius 2 is 1.80 bits per heavy atom. The van der Waals surface area contributed by atoms with Crippen LogP contribution in [0.2, 0.25) is 0 Å². The van der Waals surface area contributed by atoms with Gasteiger partial charge in [0.1, 0.15) is 18.7 Å². The van der Waals surface area contributed by atoms with Gasteiger partial charge in [0.05, 0.1) is 0 Å². The molecule has 2 aromatic rings. The molecule has 1 aromatic carbocycles. The minimum absolute atomic E-state index is 0.163. The van der Waals surface area contributed by atoms with Crippen LogP contribution in [0, 0.1) is 0 Å². The third kappa shape index (κ3) is 3.38. The molecule has 0 saturated carbocycles. The maximum absolute atomic E-state index is 5.79. The Morgan fingerprint density at radius 3 is 2.35 bits per heavy atom. The van der Waals surface area contributed by atoms with Gasteiger partial charge in [0.2, 0.25) is 0 Å². The summed E-state index contributed by atoms with van der Waals surface area (Å²) < 4.78 is 7.66. The average Bonchev–Trinajstić information content (AvgIpc) is 2.84. The molecule has 4 heteroatoms. The van der Waals surface area contributed by atoms with Crippen molar-refractivity contribution in [1.29, 1.82) is 0 Å². The molecule has 0 fully saturated rings. The summed E-state index contributed by atoms with van der Waals surface area (Å²) >= 11 is 0. The van der Waals surface area contributed by atoms with Crippen molar-refractivity contribution in [1.82, 2.24) is 14.8 Å². The zero-order valence-corrected chi connectivity index (χ0v) is 12.9. The predicted octanol–water partition coefficient (Wildman–Crippen LogP) is 3.74. The monoisotopic (exact) mass is 273 g/mol. The Balaban J connectivity index is 2.02. The number of hydrogen-bond acceptors (Lipinski definition) is 3. The molecule has 0 aliphatic heterocycles. The van der Waals surface area contributed by atoms with Gasteiger partial charge in [-0.15, -0.1) is 0 Å². The van der Waals surface area contributed by atoms with Crippen LogP contribution in [0.3, 0.4) is 0 Å². The molecule has 0 saturated heterocycles. The molecule has 0 spiro atoms. The first-order chi connectivity index (χ1) is 9.38. The lowest BCUT2D eigenvalue weighted by atomic mass is 9.87. The van der Waals surface area contributed by atoms with Gasteiger partial charge >= 0.3 is 0 Å². The first-order valence-electron chi connectivity index (χ1n) is 6.99. The van der Waals surface area contributed by atoms with Gasteiger partial charge in [-0.1, -0.05) is 32.9 Å². The van der Waals surface area contributed by atoms with Crippen LogP contribution in [0.5, 0.6) is 5.75 Å². The Morgan fingerprint density at radius 1 is 1.15 bits per heavy atom. The van der Waals surface area contributed by atoms with Gasteiger partial charge < -0.3 is 4.74 Å². The standard InChI is InChI=1S/C16H23N3O/c1-12(2)19-15(17-11-18-19)10-20-14-8-6-13(7-9-14)16(3,4)5/h6-9,11-12H,10H2,1-5H3. The average molecular weight is 273 g/mol. The van der Waals surface area contributed by atoms with E-state index in [9.17, 15) is 0 Å². The number of benzene rings is 1. The highest BCUT2D eigenvalue weighted by Gasteiger charge is 2.13. The van der Waals surface area contributed by atoms with Gasteiger partial charge in [-0.3, -0.25) is 0 Å². The van der Waals surface area contributed by atoms with Gasteiger partial charge in [-0.05, 0) is 37.0 Å². The Bertz CT molecular complexity index is 550. The van der Waals surface area contributed by atoms with E-state index in [1.54, 1.807) is 6.33 Å². The van der Waals surface area contributed by atoms with E-state index in [1.807, 2.05) is 16.8 Å². The molecular weight excluding hydrogens is 250 g/mol. The van der Waals surface area contributed by atoms with E-state index in [2.05, 4.69) is 56.8 Å². The number of nitrogens with zero attached hydrogens (tertiary/aromatic N) is 3. The van der Waals surface area contributed by atoms with Crippen molar-refractivity contribution in [3.63, 3.8) is 0 Å². The predicted molar refractivity (Wildman–Crippen MR) is 79.9 cm³/mol. The van der Waals surface area contributed by atoms with Gasteiger partial charge in [0.25, 0.3) is 0 Å². The topological polar surface area (TPSA) is 39.9 Å². The molecule has 0 atom stereocenters. The van der Waals surface area contributed by atoms with E-state index >= 15 is 0 Å². The van der Waals surface area contributed by atoms with E-state index in [-0.39, 0.29) is 5.41 Å². The molecule has 0 radical (unpaired) electrons. The van der Waals surface area contributed by atoms with Gasteiger partial charge in [-0.2, -0.15) is 5.10 Å². The number of aromatic nitrogens is 3. The number of ether oxygens (including phenoxy) is 1. The maximum Gasteiger partial charge on any atom is 0.165 e. The van der Waals surface area contributed by atoms with Crippen LogP contribution < -0.4 is 4.74 Å². The normalized spacial score (nSPS) is 11.9. The van der Waals surface area contributed by atoms with E-state index in [0.29, 0.717) is 12.6 Å². The number of rotatable bonds is 4. The Hall–Kier alpha value is -1.84. The smallest absolute Gasteiger partial charge is 0.165 e. The van der Waals surface area contributed by atoms with Gasteiger partial charge in [-0.25, -0.2) is 9.67 Å². The van der Waals surface area contributed by atoms with Crippen LogP contribution in [0.15, 0.2) is 30.6 Å². The molecule has 0 aliphatic rings. The molecule has 0 N–H and O–H groups in total. The first-order valence-corrected chi connectivity index (χ1v) is 6.99. The molecular formula is C16H23N3O. The van der Waals surface area contributed by atoms with Crippen LogP contribution >= 0.6 is 0 Å². The summed E-state index contributed by atoms with van der Waals surface area (Å²) in [6.45, 7) is 11.2. The highest BCUT2D eigenvalue weighted by molar-refractivity contribution is 5.31. The molecule has 1 heterocycles. The van der Waals surface area contributed by atoms with Crippen molar-refractivity contribution in [3.8, 4) is 5.75 Å². The second-order valence-electron chi connectivity index (χ2n) is 6.28. The minimum atomic E-state index is 0.163. The molecule has 4 nitrogen and oxygen atoms in total. The third-order valence-electron chi connectivity index (χ3n) is 3.22. The largest absolute Gasteiger partial charge is 0.486 e. The molecule has 108 valence electrons. The lowest BCUT2D eigenvalue weighted by Gasteiger charge is -2.19. The van der Waals surface area contributed by atoms with Gasteiger partial charge in [0, 0.05) is 6.04 Å². The number of hydrogen-bond donors (Lipinski definition) is 0. The maximum atomic E-state index is 5.79. The molecule has 0 bridgehead atoms. The van der Waals surface area contributed by atoms with Crippen molar-refractivity contribution >= 4 is 0 Å². The first kappa shape index (κ1) is 14.6. The summed E-state index contributed by atoms with van der Waals surface area (Å²) in [5.74, 6) is 1.70. The Labute approximate surface area is 120 Å². The van der Waals surface area contributed by atoms with E-state index < -0.39 is 0 Å². The Kier molecular flexibility index (Phi) is 4.12. The fourth-order valence-corrected chi connectivity index (χ4v) is 2.01. The van der Waals surface area contributed by atoms with Crippen molar-refractivity contribution in [2.75, 3.05) is 0 Å². The quantitative estimate of drug-likeness (QED) is 0.852.